The molecule has 0 heterocycles. The molecule has 0 heteroatoms. The van der Waals surface area contributed by atoms with E-state index in [0.29, 0.717) is 0 Å². The van der Waals surface area contributed by atoms with Crippen molar-refractivity contribution in [2.24, 2.45) is 0 Å². The summed E-state index contributed by atoms with van der Waals surface area (Å²) in [6.45, 7) is 2.21. The summed E-state index contributed by atoms with van der Waals surface area (Å²) < 4.78 is 0. The van der Waals surface area contributed by atoms with Crippen molar-refractivity contribution in [2.45, 2.75) is 6.92 Å². The predicted octanol–water partition coefficient (Wildman–Crippen LogP) is 9.94. The summed E-state index contributed by atoms with van der Waals surface area (Å²) >= 11 is 0. The predicted molar refractivity (Wildman–Crippen MR) is 152 cm³/mol. The first kappa shape index (κ1) is 20.0. The monoisotopic (exact) mass is 444 g/mol. The third-order valence-electron chi connectivity index (χ3n) is 7.35. The fourth-order valence-electron chi connectivity index (χ4n) is 5.80. The third-order valence-corrected chi connectivity index (χ3v) is 7.35. The lowest BCUT2D eigenvalue weighted by atomic mass is 9.85. The zero-order chi connectivity index (χ0) is 23.4. The van der Waals surface area contributed by atoms with Crippen molar-refractivity contribution in [1.82, 2.24) is 0 Å². The number of fused-ring (bicyclic) bond motifs is 5. The fraction of sp³-hybridized carbons (Fsp3) is 0.0286. The van der Waals surface area contributed by atoms with Gasteiger partial charge in [-0.1, -0.05) is 121 Å². The van der Waals surface area contributed by atoms with Crippen molar-refractivity contribution in [3.8, 4) is 22.3 Å². The summed E-state index contributed by atoms with van der Waals surface area (Å²) in [6, 6.07) is 46.6. The number of hydrogen-bond acceptors (Lipinski definition) is 0. The van der Waals surface area contributed by atoms with E-state index in [1.807, 2.05) is 0 Å². The van der Waals surface area contributed by atoms with E-state index >= 15 is 0 Å². The van der Waals surface area contributed by atoms with Crippen LogP contribution in [0.15, 0.2) is 127 Å². The highest BCUT2D eigenvalue weighted by molar-refractivity contribution is 6.22. The highest BCUT2D eigenvalue weighted by Gasteiger charge is 2.16. The van der Waals surface area contributed by atoms with Crippen molar-refractivity contribution in [3.63, 3.8) is 0 Å². The molecule has 0 aliphatic heterocycles. The molecule has 0 aliphatic rings. The van der Waals surface area contributed by atoms with Crippen molar-refractivity contribution < 1.29 is 0 Å². The van der Waals surface area contributed by atoms with Gasteiger partial charge in [0.05, 0.1) is 0 Å². The lowest BCUT2D eigenvalue weighted by Crippen LogP contribution is -1.91. The first-order valence-corrected chi connectivity index (χ1v) is 12.2. The molecule has 35 heavy (non-hydrogen) atoms. The summed E-state index contributed by atoms with van der Waals surface area (Å²) in [4.78, 5) is 0. The van der Waals surface area contributed by atoms with Gasteiger partial charge in [0, 0.05) is 0 Å². The van der Waals surface area contributed by atoms with Gasteiger partial charge in [0.25, 0.3) is 0 Å². The van der Waals surface area contributed by atoms with Crippen LogP contribution in [0.2, 0.25) is 0 Å². The van der Waals surface area contributed by atoms with Crippen molar-refractivity contribution in [3.05, 3.63) is 133 Å². The van der Waals surface area contributed by atoms with Crippen LogP contribution in [0.3, 0.4) is 0 Å². The van der Waals surface area contributed by atoms with E-state index < -0.39 is 0 Å². The van der Waals surface area contributed by atoms with E-state index in [1.54, 1.807) is 0 Å². The second-order valence-corrected chi connectivity index (χ2v) is 9.38. The topological polar surface area (TPSA) is 0 Å². The summed E-state index contributed by atoms with van der Waals surface area (Å²) in [5, 5.41) is 10.4. The molecule has 7 rings (SSSR count). The zero-order valence-corrected chi connectivity index (χ0v) is 19.6. The molecule has 0 radical (unpaired) electrons. The average Bonchev–Trinajstić information content (AvgIpc) is 2.92. The fourth-order valence-corrected chi connectivity index (χ4v) is 5.80. The van der Waals surface area contributed by atoms with Crippen LogP contribution >= 0.6 is 0 Å². The molecule has 0 amide bonds. The number of rotatable bonds is 2. The smallest absolute Gasteiger partial charge is 0.00261 e. The summed E-state index contributed by atoms with van der Waals surface area (Å²) in [5.41, 5.74) is 6.46. The van der Waals surface area contributed by atoms with Crippen LogP contribution in [-0.4, -0.2) is 0 Å². The van der Waals surface area contributed by atoms with Gasteiger partial charge in [-0.25, -0.2) is 0 Å². The minimum atomic E-state index is 1.26. The molecule has 0 saturated carbocycles. The zero-order valence-electron chi connectivity index (χ0n) is 19.6. The lowest BCUT2D eigenvalue weighted by Gasteiger charge is -2.18. The Morgan fingerprint density at radius 3 is 1.43 bits per heavy atom. The average molecular weight is 445 g/mol. The van der Waals surface area contributed by atoms with E-state index in [9.17, 15) is 0 Å². The van der Waals surface area contributed by atoms with E-state index in [0.717, 1.165) is 0 Å². The Hall–Kier alpha value is -4.42. The largest absolute Gasteiger partial charge is 0.0622 e. The Balaban J connectivity index is 1.63. The third kappa shape index (κ3) is 3.07. The molecule has 0 N–H and O–H groups in total. The molecule has 0 unspecified atom stereocenters. The van der Waals surface area contributed by atoms with Gasteiger partial charge in [0.15, 0.2) is 0 Å². The first-order chi connectivity index (χ1) is 17.3. The van der Waals surface area contributed by atoms with Crippen LogP contribution in [-0.2, 0) is 0 Å². The molecule has 0 fully saturated rings. The molecular formula is C35H24. The van der Waals surface area contributed by atoms with Crippen LogP contribution in [0.5, 0.6) is 0 Å². The SMILES string of the molecule is Cc1cc2ccc(-c3c4ccccc4c(-c4ccccc4)c4ccccc34)cc2c2ccccc12. The van der Waals surface area contributed by atoms with Crippen LogP contribution in [0.4, 0.5) is 0 Å². The Morgan fingerprint density at radius 2 is 0.829 bits per heavy atom. The van der Waals surface area contributed by atoms with Crippen LogP contribution in [0.25, 0.3) is 65.3 Å². The second-order valence-electron chi connectivity index (χ2n) is 9.38. The Kier molecular flexibility index (Phi) is 4.47. The molecule has 0 aromatic heterocycles. The standard InChI is InChI=1S/C35H24/c1-23-21-25-19-20-26(22-33(25)28-14-6-5-13-27(23)28)35-31-17-9-7-15-29(31)34(24-11-3-2-4-12-24)30-16-8-10-18-32(30)35/h2-22H,1H3. The van der Waals surface area contributed by atoms with E-state index in [4.69, 9.17) is 0 Å². The molecule has 0 atom stereocenters. The van der Waals surface area contributed by atoms with Gasteiger partial charge < -0.3 is 0 Å². The molecule has 0 aliphatic carbocycles. The van der Waals surface area contributed by atoms with Crippen LogP contribution in [0.1, 0.15) is 5.56 Å². The van der Waals surface area contributed by atoms with E-state index in [2.05, 4.69) is 134 Å². The molecular weight excluding hydrogens is 420 g/mol. The van der Waals surface area contributed by atoms with Gasteiger partial charge in [0.1, 0.15) is 0 Å². The van der Waals surface area contributed by atoms with Gasteiger partial charge in [-0.2, -0.15) is 0 Å². The minimum Gasteiger partial charge on any atom is -0.0622 e. The summed E-state index contributed by atoms with van der Waals surface area (Å²) in [5.74, 6) is 0. The molecule has 0 saturated heterocycles. The normalized spacial score (nSPS) is 11.6. The lowest BCUT2D eigenvalue weighted by molar-refractivity contribution is 1.55. The first-order valence-electron chi connectivity index (χ1n) is 12.2. The van der Waals surface area contributed by atoms with E-state index in [1.165, 1.54) is 70.9 Å². The highest BCUT2D eigenvalue weighted by atomic mass is 14.2. The maximum Gasteiger partial charge on any atom is -0.00261 e. The molecule has 0 spiro atoms. The molecule has 0 bridgehead atoms. The summed E-state index contributed by atoms with van der Waals surface area (Å²) in [6.07, 6.45) is 0. The number of benzene rings is 7. The van der Waals surface area contributed by atoms with Gasteiger partial charge in [-0.05, 0) is 83.9 Å². The minimum absolute atomic E-state index is 1.26. The highest BCUT2D eigenvalue weighted by Crippen LogP contribution is 2.44. The van der Waals surface area contributed by atoms with Crippen molar-refractivity contribution in [1.29, 1.82) is 0 Å². The number of aryl methyl sites for hydroxylation is 1. The maximum absolute atomic E-state index is 2.40. The molecule has 7 aromatic carbocycles. The van der Waals surface area contributed by atoms with Crippen LogP contribution in [0, 0.1) is 6.92 Å². The van der Waals surface area contributed by atoms with Gasteiger partial charge in [0.2, 0.25) is 0 Å². The summed E-state index contributed by atoms with van der Waals surface area (Å²) in [7, 11) is 0. The van der Waals surface area contributed by atoms with E-state index in [-0.39, 0.29) is 0 Å². The quantitative estimate of drug-likeness (QED) is 0.184. The maximum atomic E-state index is 2.40. The second kappa shape index (κ2) is 7.82. The van der Waals surface area contributed by atoms with Crippen molar-refractivity contribution >= 4 is 43.1 Å². The van der Waals surface area contributed by atoms with Crippen molar-refractivity contribution in [2.75, 3.05) is 0 Å². The molecule has 164 valence electrons. The number of hydrogen-bond donors (Lipinski definition) is 0. The van der Waals surface area contributed by atoms with Gasteiger partial charge >= 0.3 is 0 Å². The van der Waals surface area contributed by atoms with Crippen LogP contribution < -0.4 is 0 Å². The van der Waals surface area contributed by atoms with Gasteiger partial charge in [-0.3, -0.25) is 0 Å². The Labute approximate surface area is 205 Å². The Bertz CT molecular complexity index is 1830. The molecule has 7 aromatic rings. The van der Waals surface area contributed by atoms with Gasteiger partial charge in [-0.15, -0.1) is 0 Å². The molecule has 0 nitrogen and oxygen atoms in total. The Morgan fingerprint density at radius 1 is 0.343 bits per heavy atom.